The molecule has 5 rings (SSSR count). The van der Waals surface area contributed by atoms with Crippen LogP contribution in [-0.2, 0) is 11.3 Å². The second-order valence-corrected chi connectivity index (χ2v) is 12.5. The molecule has 4 nitrogen and oxygen atoms in total. The zero-order valence-electron chi connectivity index (χ0n) is 20.1. The van der Waals surface area contributed by atoms with Crippen molar-refractivity contribution in [3.05, 3.63) is 18.0 Å². The number of ketones is 1. The summed E-state index contributed by atoms with van der Waals surface area (Å²) < 4.78 is 1.84. The van der Waals surface area contributed by atoms with E-state index in [0.29, 0.717) is 29.6 Å². The van der Waals surface area contributed by atoms with Gasteiger partial charge >= 0.3 is 0 Å². The highest BCUT2D eigenvalue weighted by atomic mass is 16.3. The summed E-state index contributed by atoms with van der Waals surface area (Å²) in [5.74, 6) is 3.50. The second kappa shape index (κ2) is 7.43. The normalized spacial score (nSPS) is 47.2. The first-order chi connectivity index (χ1) is 14.6. The van der Waals surface area contributed by atoms with Crippen molar-refractivity contribution in [1.82, 2.24) is 9.78 Å². The first-order valence-electron chi connectivity index (χ1n) is 12.9. The van der Waals surface area contributed by atoms with Gasteiger partial charge in [-0.1, -0.05) is 20.3 Å². The minimum absolute atomic E-state index is 0.155. The van der Waals surface area contributed by atoms with Crippen LogP contribution in [0.25, 0.3) is 0 Å². The first kappa shape index (κ1) is 21.7. The third-order valence-corrected chi connectivity index (χ3v) is 10.7. The summed E-state index contributed by atoms with van der Waals surface area (Å²) in [5.41, 5.74) is 1.06. The molecular formula is C27H42N2O2. The van der Waals surface area contributed by atoms with Gasteiger partial charge in [0.05, 0.1) is 17.8 Å². The fourth-order valence-electron chi connectivity index (χ4n) is 8.98. The van der Waals surface area contributed by atoms with Crippen molar-refractivity contribution in [3.63, 3.8) is 0 Å². The number of rotatable bonds is 3. The number of carbonyl (C=O) groups is 1. The Morgan fingerprint density at radius 2 is 1.84 bits per heavy atom. The predicted octanol–water partition coefficient (Wildman–Crippen LogP) is 5.56. The van der Waals surface area contributed by atoms with Crippen LogP contribution >= 0.6 is 0 Å². The lowest BCUT2D eigenvalue weighted by Gasteiger charge is -2.64. The molecule has 1 aromatic rings. The van der Waals surface area contributed by atoms with E-state index in [-0.39, 0.29) is 11.3 Å². The Balaban J connectivity index is 1.37. The van der Waals surface area contributed by atoms with Crippen molar-refractivity contribution >= 4 is 5.78 Å². The maximum Gasteiger partial charge on any atom is 0.157 e. The summed E-state index contributed by atoms with van der Waals surface area (Å²) in [6.07, 6.45) is 13.7. The quantitative estimate of drug-likeness (QED) is 0.688. The number of hydrogen-bond acceptors (Lipinski definition) is 3. The minimum Gasteiger partial charge on any atom is -0.390 e. The van der Waals surface area contributed by atoms with Gasteiger partial charge in [-0.2, -0.15) is 5.10 Å². The molecule has 0 unspecified atom stereocenters. The van der Waals surface area contributed by atoms with Crippen molar-refractivity contribution < 1.29 is 9.90 Å². The summed E-state index contributed by atoms with van der Waals surface area (Å²) in [6, 6.07) is 1.99. The third-order valence-electron chi connectivity index (χ3n) is 10.7. The largest absolute Gasteiger partial charge is 0.390 e. The highest BCUT2D eigenvalue weighted by Gasteiger charge is 2.60. The molecule has 1 N–H and O–H groups in total. The highest BCUT2D eigenvalue weighted by molar-refractivity contribution is 5.81. The lowest BCUT2D eigenvalue weighted by atomic mass is 9.41. The van der Waals surface area contributed by atoms with Crippen LogP contribution in [0.3, 0.4) is 0 Å². The maximum atomic E-state index is 13.5. The number of hydrogen-bond donors (Lipinski definition) is 1. The lowest BCUT2D eigenvalue weighted by molar-refractivity contribution is -0.169. The fraction of sp³-hybridized carbons (Fsp3) is 0.852. The first-order valence-corrected chi connectivity index (χ1v) is 12.9. The van der Waals surface area contributed by atoms with E-state index in [9.17, 15) is 9.90 Å². The molecule has 4 aliphatic carbocycles. The van der Waals surface area contributed by atoms with E-state index in [1.165, 1.54) is 44.9 Å². The number of fused-ring (bicyclic) bond motifs is 5. The number of Topliss-reactive ketones (excluding diaryl/α,β-unsaturated/α-hetero) is 1. The summed E-state index contributed by atoms with van der Waals surface area (Å²) >= 11 is 0. The van der Waals surface area contributed by atoms with E-state index in [1.807, 2.05) is 23.9 Å². The number of carbonyl (C=O) groups excluding carboxylic acids is 1. The van der Waals surface area contributed by atoms with Crippen molar-refractivity contribution in [2.75, 3.05) is 0 Å². The molecule has 0 bridgehead atoms. The Hall–Kier alpha value is -1.16. The Labute approximate surface area is 188 Å². The van der Waals surface area contributed by atoms with Gasteiger partial charge in [-0.25, -0.2) is 0 Å². The van der Waals surface area contributed by atoms with Crippen LogP contribution < -0.4 is 0 Å². The van der Waals surface area contributed by atoms with Crippen LogP contribution in [0.4, 0.5) is 0 Å². The number of aliphatic hydroxyl groups is 1. The van der Waals surface area contributed by atoms with Crippen LogP contribution in [0, 0.1) is 47.3 Å². The molecule has 0 aliphatic heterocycles. The Morgan fingerprint density at radius 1 is 1.06 bits per heavy atom. The summed E-state index contributed by atoms with van der Waals surface area (Å²) in [5, 5.41) is 15.2. The van der Waals surface area contributed by atoms with Crippen LogP contribution in [0.15, 0.2) is 12.3 Å². The number of aryl methyl sites for hydroxylation is 1. The molecule has 1 aromatic heterocycles. The third kappa shape index (κ3) is 3.52. The van der Waals surface area contributed by atoms with Crippen LogP contribution in [0.1, 0.15) is 90.7 Å². The van der Waals surface area contributed by atoms with Crippen molar-refractivity contribution in [3.8, 4) is 0 Å². The average molecular weight is 427 g/mol. The molecule has 4 heteroatoms. The van der Waals surface area contributed by atoms with Gasteiger partial charge in [0.25, 0.3) is 0 Å². The molecule has 4 fully saturated rings. The van der Waals surface area contributed by atoms with Crippen LogP contribution in [0.5, 0.6) is 0 Å². The van der Waals surface area contributed by atoms with Gasteiger partial charge in [-0.3, -0.25) is 9.48 Å². The predicted molar refractivity (Wildman–Crippen MR) is 122 cm³/mol. The Bertz CT molecular complexity index is 844. The summed E-state index contributed by atoms with van der Waals surface area (Å²) in [7, 11) is 0. The van der Waals surface area contributed by atoms with Crippen molar-refractivity contribution in [2.24, 2.45) is 40.4 Å². The van der Waals surface area contributed by atoms with Crippen molar-refractivity contribution in [2.45, 2.75) is 104 Å². The number of aromatic nitrogens is 2. The molecule has 0 saturated heterocycles. The van der Waals surface area contributed by atoms with Gasteiger partial charge in [0.15, 0.2) is 5.78 Å². The molecule has 0 amide bonds. The van der Waals surface area contributed by atoms with E-state index in [2.05, 4.69) is 25.9 Å². The summed E-state index contributed by atoms with van der Waals surface area (Å²) in [4.78, 5) is 13.5. The Morgan fingerprint density at radius 3 is 2.58 bits per heavy atom. The van der Waals surface area contributed by atoms with Crippen LogP contribution in [0.2, 0.25) is 0 Å². The molecule has 172 valence electrons. The van der Waals surface area contributed by atoms with Crippen molar-refractivity contribution in [1.29, 1.82) is 0 Å². The van der Waals surface area contributed by atoms with E-state index in [0.717, 1.165) is 36.8 Å². The van der Waals surface area contributed by atoms with Gasteiger partial charge in [-0.05, 0) is 112 Å². The standard InChI is InChI=1S/C27H42N2O2/c1-18-11-15-29(28-18)17-24(30)23-7-5-6-21-20-9-8-19-16-25(2,31)13-14-26(19,3)22(20)10-12-27(21,23)4/h11,15,19-23,31H,5-10,12-14,16-17H2,1-4H3/t19-,20-,21-,22-,23+,25+,26-,27-/m0/s1. The zero-order valence-corrected chi connectivity index (χ0v) is 20.1. The SMILES string of the molecule is Cc1ccn(CC(=O)[C@H]2CCC[C@H]3[C@@H]4CC[C@H]5C[C@](C)(O)CC[C@]5(C)[C@H]4CC[C@]23C)n1. The second-order valence-electron chi connectivity index (χ2n) is 12.5. The molecular weight excluding hydrogens is 384 g/mol. The molecule has 31 heavy (non-hydrogen) atoms. The molecule has 0 spiro atoms. The highest BCUT2D eigenvalue weighted by Crippen LogP contribution is 2.67. The summed E-state index contributed by atoms with van der Waals surface area (Å²) in [6.45, 7) is 9.49. The van der Waals surface area contributed by atoms with E-state index >= 15 is 0 Å². The molecule has 8 atom stereocenters. The van der Waals surface area contributed by atoms with Gasteiger partial charge in [0.1, 0.15) is 0 Å². The van der Waals surface area contributed by atoms with Gasteiger partial charge in [0, 0.05) is 12.1 Å². The molecule has 1 heterocycles. The van der Waals surface area contributed by atoms with E-state index in [1.54, 1.807) is 0 Å². The monoisotopic (exact) mass is 426 g/mol. The smallest absolute Gasteiger partial charge is 0.157 e. The van der Waals surface area contributed by atoms with E-state index in [4.69, 9.17) is 0 Å². The van der Waals surface area contributed by atoms with Gasteiger partial charge in [0.2, 0.25) is 0 Å². The van der Waals surface area contributed by atoms with Crippen LogP contribution in [-0.4, -0.2) is 26.3 Å². The fourth-order valence-corrected chi connectivity index (χ4v) is 8.98. The average Bonchev–Trinajstić information content (AvgIpc) is 3.11. The molecule has 4 saturated carbocycles. The topological polar surface area (TPSA) is 55.1 Å². The minimum atomic E-state index is -0.465. The van der Waals surface area contributed by atoms with Gasteiger partial charge < -0.3 is 5.11 Å². The zero-order chi connectivity index (χ0) is 22.0. The molecule has 0 radical (unpaired) electrons. The lowest BCUT2D eigenvalue weighted by Crippen LogP contribution is -2.58. The Kier molecular flexibility index (Phi) is 5.20. The molecule has 0 aromatic carbocycles. The van der Waals surface area contributed by atoms with E-state index < -0.39 is 5.60 Å². The number of nitrogens with zero attached hydrogens (tertiary/aromatic N) is 2. The maximum absolute atomic E-state index is 13.5. The molecule has 4 aliphatic rings. The van der Waals surface area contributed by atoms with Gasteiger partial charge in [-0.15, -0.1) is 0 Å².